The number of ether oxygens (including phenoxy) is 1. The molecule has 0 heterocycles. The number of aliphatic hydroxyl groups excluding tert-OH is 1. The number of carbonyl (C=O) groups is 2. The van der Waals surface area contributed by atoms with Crippen molar-refractivity contribution >= 4 is 11.9 Å². The maximum Gasteiger partial charge on any atom is 0.331 e. The van der Waals surface area contributed by atoms with Gasteiger partial charge in [-0.1, -0.05) is 13.3 Å². The molecular weight excluding hydrogens is 212 g/mol. The molecule has 2 atom stereocenters. The molecule has 16 heavy (non-hydrogen) atoms. The van der Waals surface area contributed by atoms with Gasteiger partial charge >= 0.3 is 11.9 Å². The van der Waals surface area contributed by atoms with Gasteiger partial charge in [0.05, 0.1) is 6.10 Å². The van der Waals surface area contributed by atoms with Crippen LogP contribution in [0.15, 0.2) is 12.2 Å². The number of aliphatic hydroxyl groups is 1. The van der Waals surface area contributed by atoms with Crippen molar-refractivity contribution in [3.63, 3.8) is 0 Å². The van der Waals surface area contributed by atoms with Crippen molar-refractivity contribution in [2.75, 3.05) is 0 Å². The van der Waals surface area contributed by atoms with Gasteiger partial charge in [-0.25, -0.2) is 9.59 Å². The number of carboxylic acids is 1. The molecule has 0 saturated heterocycles. The van der Waals surface area contributed by atoms with Gasteiger partial charge in [0.2, 0.25) is 0 Å². The predicted molar refractivity (Wildman–Crippen MR) is 57.9 cm³/mol. The molecule has 0 aromatic rings. The van der Waals surface area contributed by atoms with Crippen molar-refractivity contribution in [3.8, 4) is 0 Å². The summed E-state index contributed by atoms with van der Waals surface area (Å²) in [5.41, 5.74) is 0. The number of aliphatic carboxylic acids is 1. The summed E-state index contributed by atoms with van der Waals surface area (Å²) >= 11 is 0. The Morgan fingerprint density at radius 1 is 1.38 bits per heavy atom. The first-order valence-electron chi connectivity index (χ1n) is 5.25. The second-order valence-corrected chi connectivity index (χ2v) is 3.60. The van der Waals surface area contributed by atoms with Gasteiger partial charge in [0.15, 0.2) is 0 Å². The van der Waals surface area contributed by atoms with Gasteiger partial charge < -0.3 is 14.9 Å². The molecule has 0 aliphatic rings. The van der Waals surface area contributed by atoms with E-state index >= 15 is 0 Å². The molecule has 0 bridgehead atoms. The molecule has 92 valence electrons. The third-order valence-corrected chi connectivity index (χ3v) is 1.86. The fourth-order valence-electron chi connectivity index (χ4n) is 1.27. The molecule has 2 N–H and O–H groups in total. The average Bonchev–Trinajstić information content (AvgIpc) is 2.14. The van der Waals surface area contributed by atoms with Gasteiger partial charge in [-0.3, -0.25) is 0 Å². The standard InChI is InChI=1S/C11H18O5/c1-3-4-9(7-8(2)12)16-11(15)6-5-10(13)14/h5-6,8-9,12H,3-4,7H2,1-2H3,(H,13,14)/b6-5-. The highest BCUT2D eigenvalue weighted by atomic mass is 16.5. The van der Waals surface area contributed by atoms with E-state index in [1.165, 1.54) is 0 Å². The van der Waals surface area contributed by atoms with Crippen LogP contribution in [-0.4, -0.2) is 34.4 Å². The van der Waals surface area contributed by atoms with Crippen molar-refractivity contribution in [2.24, 2.45) is 0 Å². The highest BCUT2D eigenvalue weighted by Crippen LogP contribution is 2.10. The highest BCUT2D eigenvalue weighted by molar-refractivity contribution is 5.90. The largest absolute Gasteiger partial charge is 0.478 e. The molecule has 0 saturated carbocycles. The lowest BCUT2D eigenvalue weighted by atomic mass is 10.1. The Bertz CT molecular complexity index is 257. The first kappa shape index (κ1) is 14.6. The SMILES string of the molecule is CCCC(CC(C)O)OC(=O)/C=C\C(=O)O. The van der Waals surface area contributed by atoms with Crippen LogP contribution in [0.25, 0.3) is 0 Å². The minimum absolute atomic E-state index is 0.362. The van der Waals surface area contributed by atoms with Gasteiger partial charge in [-0.05, 0) is 13.3 Å². The van der Waals surface area contributed by atoms with Crippen molar-refractivity contribution in [1.29, 1.82) is 0 Å². The second-order valence-electron chi connectivity index (χ2n) is 3.60. The normalized spacial score (nSPS) is 14.7. The fraction of sp³-hybridized carbons (Fsp3) is 0.636. The molecule has 0 amide bonds. The van der Waals surface area contributed by atoms with Crippen LogP contribution >= 0.6 is 0 Å². The van der Waals surface area contributed by atoms with Crippen LogP contribution in [0, 0.1) is 0 Å². The fourth-order valence-corrected chi connectivity index (χ4v) is 1.27. The average molecular weight is 230 g/mol. The van der Waals surface area contributed by atoms with Crippen LogP contribution in [0.5, 0.6) is 0 Å². The topological polar surface area (TPSA) is 83.8 Å². The van der Waals surface area contributed by atoms with Crippen LogP contribution in [0.3, 0.4) is 0 Å². The van der Waals surface area contributed by atoms with Crippen molar-refractivity contribution < 1.29 is 24.5 Å². The number of rotatable bonds is 7. The van der Waals surface area contributed by atoms with Gasteiger partial charge in [0, 0.05) is 18.6 Å². The van der Waals surface area contributed by atoms with Crippen molar-refractivity contribution in [3.05, 3.63) is 12.2 Å². The van der Waals surface area contributed by atoms with Crippen LogP contribution in [0.1, 0.15) is 33.1 Å². The molecule has 0 radical (unpaired) electrons. The van der Waals surface area contributed by atoms with E-state index in [0.717, 1.165) is 18.6 Å². The summed E-state index contributed by atoms with van der Waals surface area (Å²) in [4.78, 5) is 21.3. The summed E-state index contributed by atoms with van der Waals surface area (Å²) in [5.74, 6) is -1.89. The molecule has 0 aliphatic heterocycles. The van der Waals surface area contributed by atoms with E-state index in [1.54, 1.807) is 6.92 Å². The smallest absolute Gasteiger partial charge is 0.331 e. The summed E-state index contributed by atoms with van der Waals surface area (Å²) in [7, 11) is 0. The van der Waals surface area contributed by atoms with E-state index in [2.05, 4.69) is 0 Å². The molecule has 0 aromatic carbocycles. The van der Waals surface area contributed by atoms with Crippen LogP contribution in [0.4, 0.5) is 0 Å². The number of esters is 1. The first-order chi connectivity index (χ1) is 7.45. The summed E-state index contributed by atoms with van der Waals surface area (Å²) in [6, 6.07) is 0. The molecule has 5 heteroatoms. The van der Waals surface area contributed by atoms with Crippen LogP contribution in [0.2, 0.25) is 0 Å². The molecular formula is C11H18O5. The Kier molecular flexibility index (Phi) is 7.20. The third-order valence-electron chi connectivity index (χ3n) is 1.86. The lowest BCUT2D eigenvalue weighted by Crippen LogP contribution is -2.21. The van der Waals surface area contributed by atoms with E-state index in [0.29, 0.717) is 12.8 Å². The summed E-state index contributed by atoms with van der Waals surface area (Å²) in [6.45, 7) is 3.56. The van der Waals surface area contributed by atoms with E-state index in [1.807, 2.05) is 6.92 Å². The molecule has 0 spiro atoms. The number of hydrogen-bond donors (Lipinski definition) is 2. The van der Waals surface area contributed by atoms with Gasteiger partial charge in [-0.15, -0.1) is 0 Å². The highest BCUT2D eigenvalue weighted by Gasteiger charge is 2.14. The van der Waals surface area contributed by atoms with Crippen molar-refractivity contribution in [1.82, 2.24) is 0 Å². The third kappa shape index (κ3) is 7.99. The van der Waals surface area contributed by atoms with E-state index in [9.17, 15) is 14.7 Å². The number of carboxylic acid groups (broad SMARTS) is 1. The van der Waals surface area contributed by atoms with Crippen LogP contribution in [-0.2, 0) is 14.3 Å². The summed E-state index contributed by atoms with van der Waals surface area (Å²) in [5, 5.41) is 17.5. The first-order valence-corrected chi connectivity index (χ1v) is 5.25. The van der Waals surface area contributed by atoms with Gasteiger partial charge in [0.1, 0.15) is 6.10 Å². The minimum Gasteiger partial charge on any atom is -0.478 e. The Labute approximate surface area is 94.7 Å². The molecule has 0 rings (SSSR count). The maximum atomic E-state index is 11.2. The predicted octanol–water partition coefficient (Wildman–Crippen LogP) is 1.11. The molecule has 2 unspecified atom stereocenters. The zero-order valence-electron chi connectivity index (χ0n) is 9.55. The maximum absolute atomic E-state index is 11.2. The second kappa shape index (κ2) is 7.87. The lowest BCUT2D eigenvalue weighted by Gasteiger charge is -2.17. The monoisotopic (exact) mass is 230 g/mol. The Balaban J connectivity index is 4.17. The number of carbonyl (C=O) groups excluding carboxylic acids is 1. The van der Waals surface area contributed by atoms with Gasteiger partial charge in [-0.2, -0.15) is 0 Å². The Hall–Kier alpha value is -1.36. The molecule has 0 aliphatic carbocycles. The molecule has 0 fully saturated rings. The van der Waals surface area contributed by atoms with E-state index in [4.69, 9.17) is 9.84 Å². The zero-order valence-corrected chi connectivity index (χ0v) is 9.55. The van der Waals surface area contributed by atoms with E-state index in [-0.39, 0.29) is 6.10 Å². The van der Waals surface area contributed by atoms with E-state index < -0.39 is 18.0 Å². The zero-order chi connectivity index (χ0) is 12.6. The minimum atomic E-state index is -1.19. The van der Waals surface area contributed by atoms with Crippen molar-refractivity contribution in [2.45, 2.75) is 45.3 Å². The quantitative estimate of drug-likeness (QED) is 0.505. The Morgan fingerprint density at radius 2 is 2.00 bits per heavy atom. The molecule has 0 aromatic heterocycles. The van der Waals surface area contributed by atoms with Gasteiger partial charge in [0.25, 0.3) is 0 Å². The lowest BCUT2D eigenvalue weighted by molar-refractivity contribution is -0.145. The Morgan fingerprint density at radius 3 is 2.44 bits per heavy atom. The summed E-state index contributed by atoms with van der Waals surface area (Å²) < 4.78 is 5.00. The van der Waals surface area contributed by atoms with Crippen LogP contribution < -0.4 is 0 Å². The summed E-state index contributed by atoms with van der Waals surface area (Å²) in [6.07, 6.45) is 2.52. The number of hydrogen-bond acceptors (Lipinski definition) is 4. The molecule has 5 nitrogen and oxygen atoms in total.